The van der Waals surface area contributed by atoms with Crippen LogP contribution < -0.4 is 0 Å². The van der Waals surface area contributed by atoms with Crippen molar-refractivity contribution in [3.8, 4) is 6.19 Å². The first-order chi connectivity index (χ1) is 12.6. The molecule has 0 radical (unpaired) electrons. The number of hydrogen-bond donors (Lipinski definition) is 0. The minimum absolute atomic E-state index is 0.568. The summed E-state index contributed by atoms with van der Waals surface area (Å²) in [6, 6.07) is 16.3. The molecule has 4 heteroatoms. The average Bonchev–Trinajstić information content (AvgIpc) is 2.68. The van der Waals surface area contributed by atoms with Crippen LogP contribution in [0.15, 0.2) is 72.3 Å². The van der Waals surface area contributed by atoms with Crippen LogP contribution in [-0.4, -0.2) is 19.1 Å². The van der Waals surface area contributed by atoms with Crippen molar-refractivity contribution >= 4 is 0 Å². The van der Waals surface area contributed by atoms with E-state index in [9.17, 15) is 5.26 Å². The predicted octanol–water partition coefficient (Wildman–Crippen LogP) is 4.36. The molecule has 3 rings (SSSR count). The van der Waals surface area contributed by atoms with Crippen LogP contribution in [0.2, 0.25) is 0 Å². The molecule has 2 aromatic rings. The quantitative estimate of drug-likeness (QED) is 0.772. The van der Waals surface area contributed by atoms with Gasteiger partial charge >= 0.3 is 0 Å². The molecule has 26 heavy (non-hydrogen) atoms. The van der Waals surface area contributed by atoms with Gasteiger partial charge in [-0.05, 0) is 25.0 Å². The summed E-state index contributed by atoms with van der Waals surface area (Å²) in [6.07, 6.45) is 5.86. The third kappa shape index (κ3) is 2.72. The number of benzene rings is 2. The van der Waals surface area contributed by atoms with Gasteiger partial charge in [-0.2, -0.15) is 5.26 Å². The van der Waals surface area contributed by atoms with E-state index in [1.54, 1.807) is 25.3 Å². The van der Waals surface area contributed by atoms with Gasteiger partial charge in [-0.3, -0.25) is 4.90 Å². The highest BCUT2D eigenvalue weighted by molar-refractivity contribution is 5.52. The molecule has 0 spiro atoms. The Bertz CT molecular complexity index is 842. The molecule has 0 saturated heterocycles. The normalized spacial score (nSPS) is 15.6. The minimum atomic E-state index is -0.882. The molecular weight excluding hydrogens is 324 g/mol. The summed E-state index contributed by atoms with van der Waals surface area (Å²) < 4.78 is 11.2. The fraction of sp³-hybridized carbons (Fsp3) is 0.227. The van der Waals surface area contributed by atoms with Crippen LogP contribution in [-0.2, 0) is 15.0 Å². The van der Waals surface area contributed by atoms with Gasteiger partial charge in [-0.15, -0.1) is 0 Å². The fourth-order valence-corrected chi connectivity index (χ4v) is 3.35. The first-order valence-corrected chi connectivity index (χ1v) is 8.41. The molecule has 0 N–H and O–H groups in total. The highest BCUT2D eigenvalue weighted by atomic mass is 16.5. The molecule has 0 amide bonds. The van der Waals surface area contributed by atoms with E-state index < -0.39 is 5.54 Å². The van der Waals surface area contributed by atoms with E-state index in [1.165, 1.54) is 0 Å². The zero-order chi connectivity index (χ0) is 18.7. The summed E-state index contributed by atoms with van der Waals surface area (Å²) in [5.41, 5.74) is 3.33. The number of nitriles is 1. The maximum atomic E-state index is 9.98. The van der Waals surface area contributed by atoms with Gasteiger partial charge in [0.1, 0.15) is 11.5 Å². The number of methoxy groups -OCH3 is 2. The summed E-state index contributed by atoms with van der Waals surface area (Å²) >= 11 is 0. The maximum Gasteiger partial charge on any atom is 0.185 e. The third-order valence-electron chi connectivity index (χ3n) is 4.75. The standard InChI is InChI=1S/C22H22N2O2/c1-16-5-9-18(10-6-16)22(19-11-7-17(2)8-12-19)21(26-4)13-20(25-3)14-24(22)15-23/h5-14H,1-4H3. The molecule has 0 fully saturated rings. The van der Waals surface area contributed by atoms with E-state index in [4.69, 9.17) is 9.47 Å². The Morgan fingerprint density at radius 1 is 0.846 bits per heavy atom. The van der Waals surface area contributed by atoms with E-state index in [0.29, 0.717) is 11.5 Å². The summed E-state index contributed by atoms with van der Waals surface area (Å²) in [6.45, 7) is 4.09. The lowest BCUT2D eigenvalue weighted by atomic mass is 9.77. The minimum Gasteiger partial charge on any atom is -0.498 e. The number of allylic oxidation sites excluding steroid dienone is 1. The zero-order valence-corrected chi connectivity index (χ0v) is 15.5. The molecule has 0 unspecified atom stereocenters. The summed E-state index contributed by atoms with van der Waals surface area (Å²) in [5.74, 6) is 1.20. The molecule has 132 valence electrons. The van der Waals surface area contributed by atoms with Crippen molar-refractivity contribution in [2.75, 3.05) is 14.2 Å². The number of nitrogens with zero attached hydrogens (tertiary/aromatic N) is 2. The zero-order valence-electron chi connectivity index (χ0n) is 15.5. The Hall–Kier alpha value is -3.19. The van der Waals surface area contributed by atoms with Crippen LogP contribution in [0, 0.1) is 25.3 Å². The molecule has 2 aromatic carbocycles. The molecule has 0 aromatic heterocycles. The fourth-order valence-electron chi connectivity index (χ4n) is 3.35. The smallest absolute Gasteiger partial charge is 0.185 e. The Morgan fingerprint density at radius 2 is 1.35 bits per heavy atom. The van der Waals surface area contributed by atoms with Crippen LogP contribution in [0.25, 0.3) is 0 Å². The van der Waals surface area contributed by atoms with Crippen LogP contribution in [0.5, 0.6) is 0 Å². The molecule has 1 aliphatic rings. The van der Waals surface area contributed by atoms with Crippen molar-refractivity contribution in [1.82, 2.24) is 4.90 Å². The van der Waals surface area contributed by atoms with Gasteiger partial charge in [-0.25, -0.2) is 0 Å². The van der Waals surface area contributed by atoms with Gasteiger partial charge in [0.15, 0.2) is 11.7 Å². The van der Waals surface area contributed by atoms with E-state index in [1.807, 2.05) is 68.5 Å². The topological polar surface area (TPSA) is 45.5 Å². The Kier molecular flexibility index (Phi) is 4.73. The van der Waals surface area contributed by atoms with Crippen LogP contribution >= 0.6 is 0 Å². The van der Waals surface area contributed by atoms with E-state index in [0.717, 1.165) is 22.3 Å². The maximum absolute atomic E-state index is 9.98. The predicted molar refractivity (Wildman–Crippen MR) is 101 cm³/mol. The lowest BCUT2D eigenvalue weighted by molar-refractivity contribution is 0.153. The van der Waals surface area contributed by atoms with Gasteiger partial charge in [0.25, 0.3) is 0 Å². The number of hydrogen-bond acceptors (Lipinski definition) is 4. The van der Waals surface area contributed by atoms with Crippen molar-refractivity contribution in [2.24, 2.45) is 0 Å². The van der Waals surface area contributed by atoms with E-state index in [2.05, 4.69) is 6.19 Å². The average molecular weight is 346 g/mol. The monoisotopic (exact) mass is 346 g/mol. The molecule has 0 bridgehead atoms. The Morgan fingerprint density at radius 3 is 1.73 bits per heavy atom. The van der Waals surface area contributed by atoms with Crippen LogP contribution in [0.4, 0.5) is 0 Å². The number of aryl methyl sites for hydroxylation is 2. The van der Waals surface area contributed by atoms with Gasteiger partial charge in [0.2, 0.25) is 0 Å². The van der Waals surface area contributed by atoms with Gasteiger partial charge in [0, 0.05) is 6.08 Å². The first-order valence-electron chi connectivity index (χ1n) is 8.41. The summed E-state index contributed by atoms with van der Waals surface area (Å²) in [7, 11) is 3.20. The van der Waals surface area contributed by atoms with Crippen molar-refractivity contribution in [3.05, 3.63) is 94.6 Å². The summed E-state index contributed by atoms with van der Waals surface area (Å²) in [4.78, 5) is 1.60. The molecule has 1 heterocycles. The second-order valence-electron chi connectivity index (χ2n) is 6.36. The van der Waals surface area contributed by atoms with Gasteiger partial charge in [-0.1, -0.05) is 59.7 Å². The molecular formula is C22H22N2O2. The molecule has 4 nitrogen and oxygen atoms in total. The lowest BCUT2D eigenvalue weighted by Gasteiger charge is -2.43. The molecule has 0 aliphatic carbocycles. The van der Waals surface area contributed by atoms with Crippen LogP contribution in [0.3, 0.4) is 0 Å². The molecule has 0 atom stereocenters. The van der Waals surface area contributed by atoms with Gasteiger partial charge in [0.05, 0.1) is 20.4 Å². The van der Waals surface area contributed by atoms with Crippen LogP contribution in [0.1, 0.15) is 22.3 Å². The van der Waals surface area contributed by atoms with Crippen molar-refractivity contribution in [1.29, 1.82) is 5.26 Å². The summed E-state index contributed by atoms with van der Waals surface area (Å²) in [5, 5.41) is 9.98. The lowest BCUT2D eigenvalue weighted by Crippen LogP contribution is -2.45. The Labute approximate surface area is 154 Å². The molecule has 1 aliphatic heterocycles. The second kappa shape index (κ2) is 6.97. The highest BCUT2D eigenvalue weighted by Crippen LogP contribution is 2.45. The van der Waals surface area contributed by atoms with E-state index in [-0.39, 0.29) is 0 Å². The Balaban J connectivity index is 2.35. The SMILES string of the molecule is COC1=CN(C#N)C(c2ccc(C)cc2)(c2ccc(C)cc2)C(OC)=C1. The highest BCUT2D eigenvalue weighted by Gasteiger charge is 2.47. The van der Waals surface area contributed by atoms with Crippen molar-refractivity contribution < 1.29 is 9.47 Å². The largest absolute Gasteiger partial charge is 0.498 e. The van der Waals surface area contributed by atoms with Gasteiger partial charge < -0.3 is 9.47 Å². The number of ether oxygens (including phenoxy) is 2. The number of rotatable bonds is 4. The van der Waals surface area contributed by atoms with Crippen molar-refractivity contribution in [3.63, 3.8) is 0 Å². The first kappa shape index (κ1) is 17.6. The van der Waals surface area contributed by atoms with E-state index >= 15 is 0 Å². The second-order valence-corrected chi connectivity index (χ2v) is 6.36. The third-order valence-corrected chi connectivity index (χ3v) is 4.75. The molecule has 0 saturated carbocycles. The van der Waals surface area contributed by atoms with Crippen molar-refractivity contribution in [2.45, 2.75) is 19.4 Å².